The van der Waals surface area contributed by atoms with Gasteiger partial charge in [0, 0.05) is 11.1 Å². The summed E-state index contributed by atoms with van der Waals surface area (Å²) in [4.78, 5) is 22.4. The normalized spacial score (nSPS) is 10.3. The second-order valence-corrected chi connectivity index (χ2v) is 5.97. The molecule has 0 atom stereocenters. The number of carboxylic acids is 2. The zero-order valence-corrected chi connectivity index (χ0v) is 14.9. The van der Waals surface area contributed by atoms with Crippen molar-refractivity contribution in [3.05, 3.63) is 95.1 Å². The molecule has 3 rings (SSSR count). The van der Waals surface area contributed by atoms with E-state index in [1.54, 1.807) is 60.7 Å². The number of aromatic carboxylic acids is 2. The summed E-state index contributed by atoms with van der Waals surface area (Å²) >= 11 is 0. The molecule has 0 amide bonds. The average Bonchev–Trinajstić information content (AvgIpc) is 2.71. The number of hydrogen-bond donors (Lipinski definition) is 2. The van der Waals surface area contributed by atoms with Crippen LogP contribution >= 0.6 is 0 Å². The summed E-state index contributed by atoms with van der Waals surface area (Å²) in [6, 6.07) is 20.2. The monoisotopic (exact) mass is 378 g/mol. The first-order valence-corrected chi connectivity index (χ1v) is 8.52. The van der Waals surface area contributed by atoms with Crippen LogP contribution in [0.25, 0.3) is 0 Å². The van der Waals surface area contributed by atoms with Gasteiger partial charge in [-0.1, -0.05) is 36.4 Å². The fraction of sp³-hybridized carbons (Fsp3) is 0.0909. The third kappa shape index (κ3) is 4.67. The Morgan fingerprint density at radius 1 is 0.607 bits per heavy atom. The van der Waals surface area contributed by atoms with Gasteiger partial charge in [0.05, 0.1) is 11.1 Å². The maximum Gasteiger partial charge on any atom is 0.336 e. The maximum absolute atomic E-state index is 11.2. The van der Waals surface area contributed by atoms with Gasteiger partial charge in [0.2, 0.25) is 0 Å². The number of benzene rings is 3. The van der Waals surface area contributed by atoms with Crippen LogP contribution in [0, 0.1) is 0 Å². The van der Waals surface area contributed by atoms with Crippen molar-refractivity contribution >= 4 is 11.9 Å². The van der Waals surface area contributed by atoms with Crippen molar-refractivity contribution in [2.45, 2.75) is 13.2 Å². The largest absolute Gasteiger partial charge is 0.489 e. The fourth-order valence-corrected chi connectivity index (χ4v) is 2.66. The van der Waals surface area contributed by atoms with Gasteiger partial charge < -0.3 is 19.7 Å². The summed E-state index contributed by atoms with van der Waals surface area (Å²) < 4.78 is 11.3. The predicted molar refractivity (Wildman–Crippen MR) is 102 cm³/mol. The summed E-state index contributed by atoms with van der Waals surface area (Å²) in [7, 11) is 0. The SMILES string of the molecule is O=C(O)c1ccccc1COc1ccc(OCc2ccccc2C(=O)O)cc1. The van der Waals surface area contributed by atoms with Crippen LogP contribution < -0.4 is 9.47 Å². The number of carboxylic acid groups (broad SMARTS) is 2. The molecule has 3 aromatic carbocycles. The number of ether oxygens (including phenoxy) is 2. The standard InChI is InChI=1S/C22H18O6/c23-21(24)19-7-3-1-5-15(19)13-27-17-9-11-18(12-10-17)28-14-16-6-2-4-8-20(16)22(25)26/h1-12H,13-14H2,(H,23,24)(H,25,26). The van der Waals surface area contributed by atoms with Crippen LogP contribution in [-0.4, -0.2) is 22.2 Å². The minimum Gasteiger partial charge on any atom is -0.489 e. The molecule has 0 heterocycles. The quantitative estimate of drug-likeness (QED) is 0.609. The molecule has 0 saturated carbocycles. The fourth-order valence-electron chi connectivity index (χ4n) is 2.66. The topological polar surface area (TPSA) is 93.1 Å². The summed E-state index contributed by atoms with van der Waals surface area (Å²) in [5, 5.41) is 18.4. The Bertz CT molecular complexity index is 898. The summed E-state index contributed by atoms with van der Waals surface area (Å²) in [5.74, 6) is -0.855. The zero-order valence-electron chi connectivity index (χ0n) is 14.9. The van der Waals surface area contributed by atoms with E-state index in [-0.39, 0.29) is 24.3 Å². The highest BCUT2D eigenvalue weighted by Crippen LogP contribution is 2.21. The Hall–Kier alpha value is -3.80. The Morgan fingerprint density at radius 2 is 0.964 bits per heavy atom. The van der Waals surface area contributed by atoms with Crippen molar-refractivity contribution < 1.29 is 29.3 Å². The maximum atomic E-state index is 11.2. The van der Waals surface area contributed by atoms with Gasteiger partial charge in [-0.15, -0.1) is 0 Å². The molecule has 0 saturated heterocycles. The predicted octanol–water partition coefficient (Wildman–Crippen LogP) is 4.24. The minimum absolute atomic E-state index is 0.134. The second-order valence-electron chi connectivity index (χ2n) is 5.97. The number of hydrogen-bond acceptors (Lipinski definition) is 4. The molecule has 0 radical (unpaired) electrons. The molecule has 0 aliphatic rings. The lowest BCUT2D eigenvalue weighted by Crippen LogP contribution is -2.06. The van der Waals surface area contributed by atoms with Crippen molar-refractivity contribution in [2.75, 3.05) is 0 Å². The molecule has 0 unspecified atom stereocenters. The molecule has 0 bridgehead atoms. The number of carbonyl (C=O) groups is 2. The van der Waals surface area contributed by atoms with Crippen LogP contribution in [0.5, 0.6) is 11.5 Å². The molecule has 0 aliphatic heterocycles. The lowest BCUT2D eigenvalue weighted by atomic mass is 10.1. The van der Waals surface area contributed by atoms with E-state index >= 15 is 0 Å². The highest BCUT2D eigenvalue weighted by molar-refractivity contribution is 5.89. The Kier molecular flexibility index (Phi) is 5.91. The van der Waals surface area contributed by atoms with Gasteiger partial charge in [-0.2, -0.15) is 0 Å². The molecule has 142 valence electrons. The summed E-state index contributed by atoms with van der Waals surface area (Å²) in [5.41, 5.74) is 1.58. The van der Waals surface area contributed by atoms with E-state index in [9.17, 15) is 19.8 Å². The molecular weight excluding hydrogens is 360 g/mol. The van der Waals surface area contributed by atoms with E-state index in [0.717, 1.165) is 0 Å². The van der Waals surface area contributed by atoms with Gasteiger partial charge in [0.25, 0.3) is 0 Å². The smallest absolute Gasteiger partial charge is 0.336 e. The minimum atomic E-state index is -0.996. The molecule has 0 aliphatic carbocycles. The molecule has 6 nitrogen and oxygen atoms in total. The Morgan fingerprint density at radius 3 is 1.32 bits per heavy atom. The van der Waals surface area contributed by atoms with Crippen LogP contribution in [-0.2, 0) is 13.2 Å². The van der Waals surface area contributed by atoms with Gasteiger partial charge in [-0.25, -0.2) is 9.59 Å². The molecular formula is C22H18O6. The lowest BCUT2D eigenvalue weighted by Gasteiger charge is -2.11. The van der Waals surface area contributed by atoms with Gasteiger partial charge >= 0.3 is 11.9 Å². The molecule has 28 heavy (non-hydrogen) atoms. The van der Waals surface area contributed by atoms with Gasteiger partial charge in [-0.3, -0.25) is 0 Å². The number of rotatable bonds is 8. The van der Waals surface area contributed by atoms with Gasteiger partial charge in [-0.05, 0) is 36.4 Å². The van der Waals surface area contributed by atoms with E-state index in [1.165, 1.54) is 12.1 Å². The molecule has 2 N–H and O–H groups in total. The van der Waals surface area contributed by atoms with Crippen molar-refractivity contribution in [1.82, 2.24) is 0 Å². The van der Waals surface area contributed by atoms with Crippen molar-refractivity contribution in [3.63, 3.8) is 0 Å². The highest BCUT2D eigenvalue weighted by atomic mass is 16.5. The van der Waals surface area contributed by atoms with Gasteiger partial charge in [0.15, 0.2) is 0 Å². The second kappa shape index (κ2) is 8.73. The van der Waals surface area contributed by atoms with E-state index < -0.39 is 11.9 Å². The van der Waals surface area contributed by atoms with Crippen LogP contribution in [0.15, 0.2) is 72.8 Å². The first kappa shape index (κ1) is 19.0. The van der Waals surface area contributed by atoms with Crippen molar-refractivity contribution in [3.8, 4) is 11.5 Å². The Balaban J connectivity index is 1.60. The highest BCUT2D eigenvalue weighted by Gasteiger charge is 2.10. The van der Waals surface area contributed by atoms with Gasteiger partial charge in [0.1, 0.15) is 24.7 Å². The lowest BCUT2D eigenvalue weighted by molar-refractivity contribution is 0.0683. The average molecular weight is 378 g/mol. The molecule has 6 heteroatoms. The van der Waals surface area contributed by atoms with E-state index in [2.05, 4.69) is 0 Å². The Labute approximate surface area is 161 Å². The van der Waals surface area contributed by atoms with Crippen molar-refractivity contribution in [1.29, 1.82) is 0 Å². The zero-order chi connectivity index (χ0) is 19.9. The van der Waals surface area contributed by atoms with E-state index in [1.807, 2.05) is 0 Å². The summed E-state index contributed by atoms with van der Waals surface area (Å²) in [6.45, 7) is 0.267. The molecule has 0 spiro atoms. The molecule has 0 fully saturated rings. The van der Waals surface area contributed by atoms with E-state index in [0.29, 0.717) is 22.6 Å². The molecule has 3 aromatic rings. The third-order valence-corrected chi connectivity index (χ3v) is 4.11. The first-order valence-electron chi connectivity index (χ1n) is 8.52. The van der Waals surface area contributed by atoms with E-state index in [4.69, 9.17) is 9.47 Å². The summed E-state index contributed by atoms with van der Waals surface area (Å²) in [6.07, 6.45) is 0. The van der Waals surface area contributed by atoms with Crippen LogP contribution in [0.4, 0.5) is 0 Å². The third-order valence-electron chi connectivity index (χ3n) is 4.11. The molecule has 0 aromatic heterocycles. The van der Waals surface area contributed by atoms with Crippen LogP contribution in [0.1, 0.15) is 31.8 Å². The van der Waals surface area contributed by atoms with Crippen molar-refractivity contribution in [2.24, 2.45) is 0 Å². The first-order chi connectivity index (χ1) is 13.5. The van der Waals surface area contributed by atoms with Crippen LogP contribution in [0.2, 0.25) is 0 Å². The van der Waals surface area contributed by atoms with Crippen LogP contribution in [0.3, 0.4) is 0 Å².